The predicted octanol–water partition coefficient (Wildman–Crippen LogP) is 5.93. The van der Waals surface area contributed by atoms with Crippen molar-refractivity contribution in [3.63, 3.8) is 0 Å². The van der Waals surface area contributed by atoms with Crippen molar-refractivity contribution in [1.82, 2.24) is 0 Å². The standard InChI is InChI=1S/C13H22OSi.C8H13Si.CH2.Ti/c1-10-7-11(14)9-12(8-10)15(5,6)13(2,3)4;1-9(2,3)8-6-4-5-7-8;;/h7-9,14H,1-6H3;4,6H,5H2,1-3H3;1H2;/q;-1;;+1. The van der Waals surface area contributed by atoms with Crippen LogP contribution in [0.25, 0.3) is 0 Å². The van der Waals surface area contributed by atoms with E-state index < -0.39 is 16.1 Å². The van der Waals surface area contributed by atoms with E-state index in [1.54, 1.807) is 20.0 Å². The van der Waals surface area contributed by atoms with Gasteiger partial charge in [0.1, 0.15) is 5.75 Å². The fourth-order valence-electron chi connectivity index (χ4n) is 2.48. The molecule has 0 spiro atoms. The molecule has 1 aliphatic carbocycles. The van der Waals surface area contributed by atoms with Crippen LogP contribution in [0.3, 0.4) is 0 Å². The Morgan fingerprint density at radius 1 is 1.04 bits per heavy atom. The zero-order chi connectivity index (χ0) is 20.8. The van der Waals surface area contributed by atoms with Crippen molar-refractivity contribution in [2.75, 3.05) is 0 Å². The molecule has 4 heteroatoms. The molecule has 0 aromatic heterocycles. The summed E-state index contributed by atoms with van der Waals surface area (Å²) in [5.41, 5.74) is 1.15. The number of aromatic hydroxyl groups is 1. The van der Waals surface area contributed by atoms with Crippen LogP contribution in [-0.4, -0.2) is 26.1 Å². The fraction of sp³-hybridized carbons (Fsp3) is 0.500. The van der Waals surface area contributed by atoms with Crippen molar-refractivity contribution >= 4 is 26.2 Å². The molecule has 0 unspecified atom stereocenters. The third-order valence-corrected chi connectivity index (χ3v) is 12.6. The van der Waals surface area contributed by atoms with Gasteiger partial charge in [-0.15, -0.1) is 6.42 Å². The van der Waals surface area contributed by atoms with Gasteiger partial charge in [-0.3, -0.25) is 6.08 Å². The average Bonchev–Trinajstić information content (AvgIpc) is 3.02. The Morgan fingerprint density at radius 3 is 1.88 bits per heavy atom. The number of phenols is 1. The molecule has 1 N–H and O–H groups in total. The summed E-state index contributed by atoms with van der Waals surface area (Å²) in [6.45, 7) is 20.7. The number of phenolic OH excluding ortho intramolecular Hbond substituents is 1. The Kier molecular flexibility index (Phi) is 9.98. The second-order valence-corrected chi connectivity index (χ2v) is 19.7. The van der Waals surface area contributed by atoms with Crippen LogP contribution in [0.5, 0.6) is 5.75 Å². The molecule has 0 aliphatic heterocycles. The first-order valence-electron chi connectivity index (χ1n) is 9.19. The van der Waals surface area contributed by atoms with Gasteiger partial charge in [-0.05, 0) is 29.7 Å². The van der Waals surface area contributed by atoms with E-state index in [4.69, 9.17) is 0 Å². The van der Waals surface area contributed by atoms with Gasteiger partial charge in [-0.1, -0.05) is 64.8 Å². The molecular weight excluding hydrogens is 384 g/mol. The molecule has 1 aromatic rings. The van der Waals surface area contributed by atoms with Crippen LogP contribution >= 0.6 is 0 Å². The number of allylic oxidation sites excluding steroid dienone is 4. The summed E-state index contributed by atoms with van der Waals surface area (Å²) >= 11 is 1.75. The number of aryl methyl sites for hydroxylation is 1. The summed E-state index contributed by atoms with van der Waals surface area (Å²) in [6.07, 6.45) is 8.82. The second kappa shape index (κ2) is 10.2. The van der Waals surface area contributed by atoms with Gasteiger partial charge in [-0.2, -0.15) is 6.08 Å². The molecule has 0 heterocycles. The Balaban J connectivity index is 0.000000484. The van der Waals surface area contributed by atoms with E-state index in [1.807, 2.05) is 19.1 Å². The summed E-state index contributed by atoms with van der Waals surface area (Å²) < 4.78 is 0. The van der Waals surface area contributed by atoms with Crippen LogP contribution in [0.4, 0.5) is 0 Å². The minimum absolute atomic E-state index is 0.313. The minimum atomic E-state index is -1.50. The molecule has 2 rings (SSSR count). The normalized spacial score (nSPS) is 14.0. The first kappa shape index (κ1) is 25.5. The van der Waals surface area contributed by atoms with Crippen molar-refractivity contribution in [1.29, 1.82) is 0 Å². The van der Waals surface area contributed by atoms with Gasteiger partial charge in [0.2, 0.25) is 0 Å². The maximum absolute atomic E-state index is 9.65. The van der Waals surface area contributed by atoms with Crippen LogP contribution in [-0.2, 0) is 20.0 Å². The summed E-state index contributed by atoms with van der Waals surface area (Å²) in [5, 5.41) is 12.8. The van der Waals surface area contributed by atoms with Crippen molar-refractivity contribution in [3.05, 3.63) is 47.2 Å². The van der Waals surface area contributed by atoms with Gasteiger partial charge in [0, 0.05) is 8.07 Å². The molecule has 0 amide bonds. The van der Waals surface area contributed by atoms with E-state index in [0.717, 1.165) is 12.0 Å². The van der Waals surface area contributed by atoms with Crippen LogP contribution in [0.2, 0.25) is 37.8 Å². The third kappa shape index (κ3) is 7.64. The van der Waals surface area contributed by atoms with Gasteiger partial charge in [0.05, 0.1) is 8.07 Å². The van der Waals surface area contributed by atoms with Crippen molar-refractivity contribution in [2.24, 2.45) is 0 Å². The molecule has 1 nitrogen and oxygen atoms in total. The van der Waals surface area contributed by atoms with Crippen LogP contribution in [0, 0.1) is 13.0 Å². The fourth-order valence-corrected chi connectivity index (χ4v) is 5.69. The Hall–Kier alpha value is -0.482. The molecule has 0 radical (unpaired) electrons. The maximum atomic E-state index is 9.65. The van der Waals surface area contributed by atoms with E-state index in [-0.39, 0.29) is 0 Å². The molecule has 0 saturated carbocycles. The van der Waals surface area contributed by atoms with Gasteiger partial charge < -0.3 is 5.11 Å². The van der Waals surface area contributed by atoms with E-state index in [2.05, 4.69) is 82.6 Å². The van der Waals surface area contributed by atoms with Crippen molar-refractivity contribution in [3.8, 4) is 5.75 Å². The molecule has 26 heavy (non-hydrogen) atoms. The zero-order valence-corrected chi connectivity index (χ0v) is 21.8. The van der Waals surface area contributed by atoms with Crippen LogP contribution in [0.1, 0.15) is 32.8 Å². The quantitative estimate of drug-likeness (QED) is 0.463. The molecule has 0 bridgehead atoms. The average molecular weight is 422 g/mol. The first-order valence-corrected chi connectivity index (χ1v) is 16.8. The van der Waals surface area contributed by atoms with Crippen LogP contribution < -0.4 is 5.19 Å². The molecule has 1 aromatic carbocycles. The topological polar surface area (TPSA) is 20.2 Å². The van der Waals surface area contributed by atoms with Gasteiger partial charge >= 0.3 is 24.8 Å². The van der Waals surface area contributed by atoms with E-state index >= 15 is 0 Å². The monoisotopic (exact) mass is 421 g/mol. The second-order valence-electron chi connectivity index (χ2n) is 9.38. The van der Waals surface area contributed by atoms with Crippen molar-refractivity contribution in [2.45, 2.75) is 71.9 Å². The molecule has 143 valence electrons. The first-order chi connectivity index (χ1) is 11.7. The number of hydrogen-bond donors (Lipinski definition) is 1. The van der Waals surface area contributed by atoms with E-state index in [0.29, 0.717) is 10.8 Å². The molecular formula is C22H37OSi2Ti. The summed E-state index contributed by atoms with van der Waals surface area (Å²) in [7, 11) is -2.51. The number of rotatable bonds is 2. The van der Waals surface area contributed by atoms with E-state index in [1.165, 1.54) is 10.4 Å². The molecule has 1 aliphatic rings. The predicted molar refractivity (Wildman–Crippen MR) is 121 cm³/mol. The Morgan fingerprint density at radius 2 is 1.58 bits per heavy atom. The van der Waals surface area contributed by atoms with Gasteiger partial charge in [0.15, 0.2) is 0 Å². The third-order valence-electron chi connectivity index (χ3n) is 5.16. The van der Waals surface area contributed by atoms with Gasteiger partial charge in [-0.25, -0.2) is 11.3 Å². The number of benzene rings is 1. The Bertz CT molecular complexity index is 627. The van der Waals surface area contributed by atoms with E-state index in [9.17, 15) is 5.11 Å². The van der Waals surface area contributed by atoms with Gasteiger partial charge in [0.25, 0.3) is 0 Å². The number of hydrogen-bond acceptors (Lipinski definition) is 1. The van der Waals surface area contributed by atoms with Crippen LogP contribution in [0.15, 0.2) is 35.5 Å². The molecule has 0 fully saturated rings. The summed E-state index contributed by atoms with van der Waals surface area (Å²) in [4.78, 5) is 3.25. The summed E-state index contributed by atoms with van der Waals surface area (Å²) in [5.74, 6) is 0.398. The zero-order valence-electron chi connectivity index (χ0n) is 18.2. The molecule has 0 atom stereocenters. The SMILES string of the molecule is C[Si](C)(C)C1=[C-]CC=C1.Cc1cc(O)cc([Si](C)(C)C(C)(C)C)c1.[CH2]=[Ti+]. The Labute approximate surface area is 175 Å². The summed E-state index contributed by atoms with van der Waals surface area (Å²) in [6, 6.07) is 5.97. The molecule has 0 saturated heterocycles. The van der Waals surface area contributed by atoms with Crippen molar-refractivity contribution < 1.29 is 25.1 Å².